The van der Waals surface area contributed by atoms with Crippen molar-refractivity contribution in [3.63, 3.8) is 0 Å². The number of amides is 1. The molecule has 0 aliphatic carbocycles. The second-order valence-corrected chi connectivity index (χ2v) is 6.41. The van der Waals surface area contributed by atoms with Crippen molar-refractivity contribution in [2.45, 2.75) is 12.5 Å². The standard InChI is InChI=1S/C20H23FN2O2/c21-18-8-4-7-17(14-18)19(24)15-22-9-11-23(12-10-22)20(25)13-16-5-2-1-3-6-16/h1-8,14,19,24H,9-13,15H2/t19-/m0/s1. The number of benzene rings is 2. The normalized spacial score (nSPS) is 16.6. The largest absolute Gasteiger partial charge is 0.387 e. The minimum atomic E-state index is -0.720. The molecule has 3 rings (SSSR count). The number of carbonyl (C=O) groups is 1. The number of hydrogen-bond donors (Lipinski definition) is 1. The lowest BCUT2D eigenvalue weighted by atomic mass is 10.1. The maximum absolute atomic E-state index is 13.3. The van der Waals surface area contributed by atoms with Gasteiger partial charge < -0.3 is 10.0 Å². The van der Waals surface area contributed by atoms with Gasteiger partial charge in [0.05, 0.1) is 12.5 Å². The summed E-state index contributed by atoms with van der Waals surface area (Å²) in [7, 11) is 0. The second-order valence-electron chi connectivity index (χ2n) is 6.41. The van der Waals surface area contributed by atoms with Crippen molar-refractivity contribution >= 4 is 5.91 Å². The summed E-state index contributed by atoms with van der Waals surface area (Å²) < 4.78 is 13.3. The van der Waals surface area contributed by atoms with Crippen LogP contribution in [0.2, 0.25) is 0 Å². The minimum absolute atomic E-state index is 0.136. The van der Waals surface area contributed by atoms with Crippen LogP contribution in [-0.2, 0) is 11.2 Å². The van der Waals surface area contributed by atoms with Crippen LogP contribution in [-0.4, -0.2) is 53.5 Å². The zero-order valence-electron chi connectivity index (χ0n) is 14.1. The summed E-state index contributed by atoms with van der Waals surface area (Å²) in [4.78, 5) is 16.4. The molecule has 0 spiro atoms. The van der Waals surface area contributed by atoms with Crippen molar-refractivity contribution in [1.29, 1.82) is 0 Å². The van der Waals surface area contributed by atoms with Crippen LogP contribution in [0, 0.1) is 5.82 Å². The quantitative estimate of drug-likeness (QED) is 0.906. The molecule has 1 atom stereocenters. The molecule has 0 aromatic heterocycles. The Bertz CT molecular complexity index is 700. The molecule has 0 saturated carbocycles. The zero-order valence-corrected chi connectivity index (χ0v) is 14.1. The van der Waals surface area contributed by atoms with Gasteiger partial charge >= 0.3 is 0 Å². The van der Waals surface area contributed by atoms with E-state index in [2.05, 4.69) is 4.90 Å². The first-order valence-electron chi connectivity index (χ1n) is 8.59. The third-order valence-electron chi connectivity index (χ3n) is 4.59. The van der Waals surface area contributed by atoms with Gasteiger partial charge in [-0.25, -0.2) is 4.39 Å². The van der Waals surface area contributed by atoms with Crippen molar-refractivity contribution in [2.75, 3.05) is 32.7 Å². The molecule has 132 valence electrons. The molecular formula is C20H23FN2O2. The molecule has 25 heavy (non-hydrogen) atoms. The van der Waals surface area contributed by atoms with E-state index >= 15 is 0 Å². The molecule has 0 unspecified atom stereocenters. The van der Waals surface area contributed by atoms with E-state index in [1.807, 2.05) is 35.2 Å². The maximum Gasteiger partial charge on any atom is 0.227 e. The molecule has 1 heterocycles. The average Bonchev–Trinajstić information content (AvgIpc) is 2.63. The monoisotopic (exact) mass is 342 g/mol. The van der Waals surface area contributed by atoms with E-state index in [1.165, 1.54) is 12.1 Å². The first-order chi connectivity index (χ1) is 12.1. The summed E-state index contributed by atoms with van der Waals surface area (Å²) in [5.74, 6) is -0.204. The van der Waals surface area contributed by atoms with Crippen LogP contribution in [0.15, 0.2) is 54.6 Å². The van der Waals surface area contributed by atoms with Gasteiger partial charge in [-0.2, -0.15) is 0 Å². The third kappa shape index (κ3) is 4.87. The predicted octanol–water partition coefficient (Wildman–Crippen LogP) is 2.25. The molecule has 1 N–H and O–H groups in total. The van der Waals surface area contributed by atoms with Crippen LogP contribution in [0.4, 0.5) is 4.39 Å². The Hall–Kier alpha value is -2.24. The zero-order chi connectivity index (χ0) is 17.6. The van der Waals surface area contributed by atoms with Crippen LogP contribution in [0.3, 0.4) is 0 Å². The molecule has 1 fully saturated rings. The first kappa shape index (κ1) is 17.6. The Balaban J connectivity index is 1.47. The van der Waals surface area contributed by atoms with E-state index in [9.17, 15) is 14.3 Å². The van der Waals surface area contributed by atoms with E-state index in [0.717, 1.165) is 5.56 Å². The number of nitrogens with zero attached hydrogens (tertiary/aromatic N) is 2. The molecule has 2 aromatic carbocycles. The highest BCUT2D eigenvalue weighted by Crippen LogP contribution is 2.16. The van der Waals surface area contributed by atoms with Gasteiger partial charge in [0.15, 0.2) is 0 Å². The molecule has 1 aliphatic heterocycles. The lowest BCUT2D eigenvalue weighted by Gasteiger charge is -2.35. The number of aliphatic hydroxyl groups excluding tert-OH is 1. The third-order valence-corrected chi connectivity index (χ3v) is 4.59. The number of aliphatic hydroxyl groups is 1. The number of carbonyl (C=O) groups excluding carboxylic acids is 1. The average molecular weight is 342 g/mol. The summed E-state index contributed by atoms with van der Waals surface area (Å²) in [6, 6.07) is 15.8. The molecule has 0 radical (unpaired) electrons. The summed E-state index contributed by atoms with van der Waals surface area (Å²) in [5, 5.41) is 10.3. The number of β-amino-alcohol motifs (C(OH)–C–C–N with tert-alkyl or cyclic N) is 1. The first-order valence-corrected chi connectivity index (χ1v) is 8.59. The lowest BCUT2D eigenvalue weighted by molar-refractivity contribution is -0.132. The number of piperazine rings is 1. The number of hydrogen-bond acceptors (Lipinski definition) is 3. The van der Waals surface area contributed by atoms with E-state index < -0.39 is 6.10 Å². The molecule has 5 heteroatoms. The minimum Gasteiger partial charge on any atom is -0.387 e. The van der Waals surface area contributed by atoms with Crippen LogP contribution in [0.5, 0.6) is 0 Å². The van der Waals surface area contributed by atoms with Crippen molar-refractivity contribution in [1.82, 2.24) is 9.80 Å². The van der Waals surface area contributed by atoms with Gasteiger partial charge in [0.25, 0.3) is 0 Å². The SMILES string of the molecule is O=C(Cc1ccccc1)N1CCN(C[C@H](O)c2cccc(F)c2)CC1. The van der Waals surface area contributed by atoms with Crippen molar-refractivity contribution in [3.8, 4) is 0 Å². The van der Waals surface area contributed by atoms with Gasteiger partial charge in [-0.1, -0.05) is 42.5 Å². The fraction of sp³-hybridized carbons (Fsp3) is 0.350. The van der Waals surface area contributed by atoms with Gasteiger partial charge in [-0.3, -0.25) is 9.69 Å². The summed E-state index contributed by atoms with van der Waals surface area (Å²) in [5.41, 5.74) is 1.61. The van der Waals surface area contributed by atoms with Crippen LogP contribution < -0.4 is 0 Å². The van der Waals surface area contributed by atoms with Gasteiger partial charge in [0.1, 0.15) is 5.82 Å². The Kier molecular flexibility index (Phi) is 5.79. The van der Waals surface area contributed by atoms with Crippen molar-refractivity contribution < 1.29 is 14.3 Å². The second kappa shape index (κ2) is 8.23. The Morgan fingerprint density at radius 1 is 1.04 bits per heavy atom. The van der Waals surface area contributed by atoms with E-state index in [1.54, 1.807) is 12.1 Å². The fourth-order valence-electron chi connectivity index (χ4n) is 3.13. The molecule has 1 amide bonds. The Morgan fingerprint density at radius 3 is 2.44 bits per heavy atom. The summed E-state index contributed by atoms with van der Waals surface area (Å²) >= 11 is 0. The lowest BCUT2D eigenvalue weighted by Crippen LogP contribution is -2.50. The smallest absolute Gasteiger partial charge is 0.227 e. The van der Waals surface area contributed by atoms with E-state index in [-0.39, 0.29) is 11.7 Å². The highest BCUT2D eigenvalue weighted by molar-refractivity contribution is 5.78. The van der Waals surface area contributed by atoms with Gasteiger partial charge in [0.2, 0.25) is 5.91 Å². The van der Waals surface area contributed by atoms with Gasteiger partial charge in [-0.05, 0) is 23.3 Å². The summed E-state index contributed by atoms with van der Waals surface area (Å²) in [6.45, 7) is 3.19. The Labute approximate surface area is 147 Å². The van der Waals surface area contributed by atoms with E-state index in [0.29, 0.717) is 44.7 Å². The van der Waals surface area contributed by atoms with Gasteiger partial charge in [0, 0.05) is 32.7 Å². The molecule has 0 bridgehead atoms. The van der Waals surface area contributed by atoms with Gasteiger partial charge in [-0.15, -0.1) is 0 Å². The Morgan fingerprint density at radius 2 is 1.76 bits per heavy atom. The number of rotatable bonds is 5. The summed E-state index contributed by atoms with van der Waals surface area (Å²) in [6.07, 6.45) is -0.297. The molecule has 1 saturated heterocycles. The highest BCUT2D eigenvalue weighted by Gasteiger charge is 2.23. The molecular weight excluding hydrogens is 319 g/mol. The predicted molar refractivity (Wildman–Crippen MR) is 94.5 cm³/mol. The fourth-order valence-corrected chi connectivity index (χ4v) is 3.13. The van der Waals surface area contributed by atoms with Crippen LogP contribution >= 0.6 is 0 Å². The molecule has 4 nitrogen and oxygen atoms in total. The highest BCUT2D eigenvalue weighted by atomic mass is 19.1. The van der Waals surface area contributed by atoms with E-state index in [4.69, 9.17) is 0 Å². The molecule has 2 aromatic rings. The maximum atomic E-state index is 13.3. The van der Waals surface area contributed by atoms with Crippen LogP contribution in [0.25, 0.3) is 0 Å². The van der Waals surface area contributed by atoms with Crippen LogP contribution in [0.1, 0.15) is 17.2 Å². The van der Waals surface area contributed by atoms with Crippen molar-refractivity contribution in [3.05, 3.63) is 71.5 Å². The van der Waals surface area contributed by atoms with Crippen molar-refractivity contribution in [2.24, 2.45) is 0 Å². The topological polar surface area (TPSA) is 43.8 Å². The number of halogens is 1. The molecule has 1 aliphatic rings.